The number of rotatable bonds is 4. The van der Waals surface area contributed by atoms with Gasteiger partial charge in [-0.25, -0.2) is 9.78 Å². The number of ether oxygens (including phenoxy) is 2. The standard InChI is InChI=1S/C15H14Cl2N4O4/c1-7-6-10(24-2)19-14(18-7)21-15(23)20-13(22)11-8(16)4-5-9(17)12(11)25-3/h4-6H,1-3H3,(H2,18,19,20,21,22,23). The van der Waals surface area contributed by atoms with Crippen LogP contribution in [0.15, 0.2) is 18.2 Å². The predicted molar refractivity (Wildman–Crippen MR) is 92.8 cm³/mol. The van der Waals surface area contributed by atoms with E-state index in [1.807, 2.05) is 0 Å². The van der Waals surface area contributed by atoms with Crippen LogP contribution in [-0.2, 0) is 0 Å². The minimum Gasteiger partial charge on any atom is -0.494 e. The van der Waals surface area contributed by atoms with Gasteiger partial charge in [-0.15, -0.1) is 0 Å². The Balaban J connectivity index is 2.18. The van der Waals surface area contributed by atoms with Crippen LogP contribution in [0.5, 0.6) is 11.6 Å². The van der Waals surface area contributed by atoms with E-state index in [-0.39, 0.29) is 33.2 Å². The third-order valence-electron chi connectivity index (χ3n) is 2.98. The average molecular weight is 385 g/mol. The van der Waals surface area contributed by atoms with E-state index in [1.54, 1.807) is 13.0 Å². The predicted octanol–water partition coefficient (Wildman–Crippen LogP) is 3.07. The summed E-state index contributed by atoms with van der Waals surface area (Å²) in [7, 11) is 2.77. The van der Waals surface area contributed by atoms with Gasteiger partial charge in [0.1, 0.15) is 5.56 Å². The number of carbonyl (C=O) groups excluding carboxylic acids is 2. The molecule has 0 atom stereocenters. The number of hydrogen-bond acceptors (Lipinski definition) is 6. The number of nitrogens with one attached hydrogen (secondary N) is 2. The summed E-state index contributed by atoms with van der Waals surface area (Å²) in [6.07, 6.45) is 0. The van der Waals surface area contributed by atoms with Crippen molar-refractivity contribution in [2.75, 3.05) is 19.5 Å². The molecule has 2 N–H and O–H groups in total. The second-order valence-electron chi connectivity index (χ2n) is 4.72. The lowest BCUT2D eigenvalue weighted by Crippen LogP contribution is -2.35. The summed E-state index contributed by atoms with van der Waals surface area (Å²) in [5.74, 6) is -0.477. The molecular weight excluding hydrogens is 371 g/mol. The van der Waals surface area contributed by atoms with Crippen LogP contribution in [0.3, 0.4) is 0 Å². The van der Waals surface area contributed by atoms with Gasteiger partial charge in [-0.1, -0.05) is 23.2 Å². The molecule has 25 heavy (non-hydrogen) atoms. The number of amides is 3. The number of methoxy groups -OCH3 is 2. The summed E-state index contributed by atoms with van der Waals surface area (Å²) in [6, 6.07) is 3.64. The highest BCUT2D eigenvalue weighted by Gasteiger charge is 2.21. The minimum atomic E-state index is -0.851. The molecule has 3 amide bonds. The molecule has 132 valence electrons. The number of imide groups is 1. The van der Waals surface area contributed by atoms with Crippen LogP contribution >= 0.6 is 23.2 Å². The van der Waals surface area contributed by atoms with Crippen LogP contribution < -0.4 is 20.1 Å². The molecule has 2 aromatic rings. The maximum atomic E-state index is 12.3. The van der Waals surface area contributed by atoms with Crippen molar-refractivity contribution in [3.05, 3.63) is 39.5 Å². The van der Waals surface area contributed by atoms with E-state index in [1.165, 1.54) is 26.4 Å². The SMILES string of the molecule is COc1cc(C)nc(NC(=O)NC(=O)c2c(Cl)ccc(Cl)c2OC)n1. The van der Waals surface area contributed by atoms with Crippen molar-refractivity contribution in [2.45, 2.75) is 6.92 Å². The monoisotopic (exact) mass is 384 g/mol. The highest BCUT2D eigenvalue weighted by atomic mass is 35.5. The van der Waals surface area contributed by atoms with Gasteiger partial charge in [0.25, 0.3) is 5.91 Å². The van der Waals surface area contributed by atoms with Gasteiger partial charge in [-0.2, -0.15) is 4.98 Å². The molecule has 0 saturated carbocycles. The van der Waals surface area contributed by atoms with Crippen LogP contribution in [0.1, 0.15) is 16.1 Å². The molecule has 1 aromatic carbocycles. The van der Waals surface area contributed by atoms with E-state index in [0.717, 1.165) is 0 Å². The molecular formula is C15H14Cl2N4O4. The Labute approximate surface area is 153 Å². The van der Waals surface area contributed by atoms with Crippen molar-refractivity contribution in [1.82, 2.24) is 15.3 Å². The first-order chi connectivity index (χ1) is 11.8. The number of hydrogen-bond donors (Lipinski definition) is 2. The second-order valence-corrected chi connectivity index (χ2v) is 5.54. The van der Waals surface area contributed by atoms with Crippen LogP contribution in [0, 0.1) is 6.92 Å². The molecule has 0 saturated heterocycles. The fraction of sp³-hybridized carbons (Fsp3) is 0.200. The molecule has 0 fully saturated rings. The lowest BCUT2D eigenvalue weighted by atomic mass is 10.2. The van der Waals surface area contributed by atoms with Gasteiger partial charge in [-0.3, -0.25) is 15.4 Å². The Hall–Kier alpha value is -2.58. The molecule has 1 heterocycles. The van der Waals surface area contributed by atoms with E-state index in [9.17, 15) is 9.59 Å². The minimum absolute atomic E-state index is 0.0219. The molecule has 0 aliphatic carbocycles. The lowest BCUT2D eigenvalue weighted by molar-refractivity contribution is 0.0964. The van der Waals surface area contributed by atoms with Crippen LogP contribution in [0.25, 0.3) is 0 Å². The number of benzene rings is 1. The highest BCUT2D eigenvalue weighted by molar-refractivity contribution is 6.37. The van der Waals surface area contributed by atoms with Gasteiger partial charge in [0, 0.05) is 11.8 Å². The van der Waals surface area contributed by atoms with Crippen LogP contribution in [-0.4, -0.2) is 36.1 Å². The van der Waals surface area contributed by atoms with Gasteiger partial charge in [0.15, 0.2) is 5.75 Å². The van der Waals surface area contributed by atoms with Crippen molar-refractivity contribution in [3.8, 4) is 11.6 Å². The van der Waals surface area contributed by atoms with Gasteiger partial charge < -0.3 is 9.47 Å². The second kappa shape index (κ2) is 8.00. The Morgan fingerprint density at radius 1 is 1.08 bits per heavy atom. The number of urea groups is 1. The maximum absolute atomic E-state index is 12.3. The fourth-order valence-corrected chi connectivity index (χ4v) is 2.41. The number of carbonyl (C=O) groups is 2. The molecule has 0 spiro atoms. The van der Waals surface area contributed by atoms with Crippen molar-refractivity contribution in [2.24, 2.45) is 0 Å². The summed E-state index contributed by atoms with van der Waals surface area (Å²) in [5.41, 5.74) is 0.516. The van der Waals surface area contributed by atoms with Crippen LogP contribution in [0.4, 0.5) is 10.7 Å². The number of nitrogens with zero attached hydrogens (tertiary/aromatic N) is 2. The Morgan fingerprint density at radius 2 is 1.76 bits per heavy atom. The zero-order chi connectivity index (χ0) is 18.6. The topological polar surface area (TPSA) is 102 Å². The van der Waals surface area contributed by atoms with Gasteiger partial charge in [0.2, 0.25) is 11.8 Å². The Kier molecular flexibility index (Phi) is 6.00. The summed E-state index contributed by atoms with van der Waals surface area (Å²) in [4.78, 5) is 32.3. The van der Waals surface area contributed by atoms with Crippen molar-refractivity contribution in [3.63, 3.8) is 0 Å². The number of anilines is 1. The number of aryl methyl sites for hydroxylation is 1. The molecule has 8 nitrogen and oxygen atoms in total. The molecule has 10 heteroatoms. The zero-order valence-electron chi connectivity index (χ0n) is 13.5. The molecule has 0 aliphatic heterocycles. The van der Waals surface area contributed by atoms with Crippen molar-refractivity contribution in [1.29, 1.82) is 0 Å². The first-order valence-corrected chi connectivity index (χ1v) is 7.65. The van der Waals surface area contributed by atoms with E-state index >= 15 is 0 Å². The summed E-state index contributed by atoms with van der Waals surface area (Å²) < 4.78 is 10.1. The van der Waals surface area contributed by atoms with Crippen molar-refractivity contribution < 1.29 is 19.1 Å². The fourth-order valence-electron chi connectivity index (χ4n) is 1.94. The Bertz CT molecular complexity index is 829. The lowest BCUT2D eigenvalue weighted by Gasteiger charge is -2.12. The quantitative estimate of drug-likeness (QED) is 0.839. The van der Waals surface area contributed by atoms with E-state index in [2.05, 4.69) is 20.6 Å². The Morgan fingerprint density at radius 3 is 2.40 bits per heavy atom. The molecule has 2 rings (SSSR count). The third-order valence-corrected chi connectivity index (χ3v) is 3.59. The molecule has 0 radical (unpaired) electrons. The first kappa shape index (κ1) is 18.8. The first-order valence-electron chi connectivity index (χ1n) is 6.89. The zero-order valence-corrected chi connectivity index (χ0v) is 15.0. The van der Waals surface area contributed by atoms with E-state index < -0.39 is 11.9 Å². The van der Waals surface area contributed by atoms with E-state index in [0.29, 0.717) is 5.69 Å². The third kappa shape index (κ3) is 4.49. The van der Waals surface area contributed by atoms with Gasteiger partial charge >= 0.3 is 6.03 Å². The van der Waals surface area contributed by atoms with Crippen LogP contribution in [0.2, 0.25) is 10.0 Å². The summed E-state index contributed by atoms with van der Waals surface area (Å²) in [5, 5.41) is 4.72. The van der Waals surface area contributed by atoms with Gasteiger partial charge in [-0.05, 0) is 19.1 Å². The van der Waals surface area contributed by atoms with Crippen molar-refractivity contribution >= 4 is 41.1 Å². The summed E-state index contributed by atoms with van der Waals surface area (Å²) in [6.45, 7) is 1.70. The largest absolute Gasteiger partial charge is 0.494 e. The van der Waals surface area contributed by atoms with Gasteiger partial charge in [0.05, 0.1) is 24.3 Å². The highest BCUT2D eigenvalue weighted by Crippen LogP contribution is 2.33. The maximum Gasteiger partial charge on any atom is 0.328 e. The summed E-state index contributed by atoms with van der Waals surface area (Å²) >= 11 is 12.0. The molecule has 1 aromatic heterocycles. The average Bonchev–Trinajstić information content (AvgIpc) is 2.55. The molecule has 0 unspecified atom stereocenters. The number of aromatic nitrogens is 2. The normalized spacial score (nSPS) is 10.1. The van der Waals surface area contributed by atoms with E-state index in [4.69, 9.17) is 32.7 Å². The number of halogens is 2. The molecule has 0 aliphatic rings. The smallest absolute Gasteiger partial charge is 0.328 e. The molecule has 0 bridgehead atoms.